The number of ether oxygens (including phenoxy) is 3. The van der Waals surface area contributed by atoms with Crippen molar-refractivity contribution in [1.82, 2.24) is 0 Å². The Morgan fingerprint density at radius 3 is 1.20 bits per heavy atom. The minimum atomic E-state index is -0.775. The summed E-state index contributed by atoms with van der Waals surface area (Å²) in [4.78, 5) is 37.3. The standard InChI is InChI=1S/C44H78O6/c1-4-7-10-13-15-17-19-21-23-24-26-28-31-34-37-43(46)49-40-41(39-48-42(45)36-33-30-12-9-6-3)50-44(47)38-35-32-29-27-25-22-20-18-16-14-11-8-5-2/h11,14,18-21,41H,4-10,12-13,15-17,22-40H2,1-3H3/b14-11-,20-18-,21-19-. The summed E-state index contributed by atoms with van der Waals surface area (Å²) in [6, 6.07) is 0. The molecular weight excluding hydrogens is 624 g/mol. The van der Waals surface area contributed by atoms with Crippen LogP contribution in [-0.4, -0.2) is 37.2 Å². The van der Waals surface area contributed by atoms with Gasteiger partial charge in [-0.3, -0.25) is 14.4 Å². The topological polar surface area (TPSA) is 78.9 Å². The van der Waals surface area contributed by atoms with E-state index >= 15 is 0 Å². The third-order valence-corrected chi connectivity index (χ3v) is 8.85. The zero-order valence-electron chi connectivity index (χ0n) is 32.9. The number of hydrogen-bond donors (Lipinski definition) is 0. The van der Waals surface area contributed by atoms with Crippen molar-refractivity contribution in [2.75, 3.05) is 13.2 Å². The van der Waals surface area contributed by atoms with Crippen LogP contribution in [0.5, 0.6) is 0 Å². The summed E-state index contributed by atoms with van der Waals surface area (Å²) in [6.45, 7) is 6.44. The minimum absolute atomic E-state index is 0.0813. The molecule has 0 saturated carbocycles. The molecule has 0 bridgehead atoms. The van der Waals surface area contributed by atoms with E-state index in [4.69, 9.17) is 14.2 Å². The first-order valence-electron chi connectivity index (χ1n) is 21.0. The van der Waals surface area contributed by atoms with E-state index in [1.54, 1.807) is 0 Å². The molecule has 0 amide bonds. The zero-order chi connectivity index (χ0) is 36.6. The SMILES string of the molecule is CCC/C=C\C/C=C\CCCCCCCC(=O)OC(COC(=O)CCCCCCC)COC(=O)CCCCCCC/C=C\CCCCCCC. The van der Waals surface area contributed by atoms with Gasteiger partial charge in [0.25, 0.3) is 0 Å². The molecule has 0 aliphatic heterocycles. The molecule has 6 nitrogen and oxygen atoms in total. The van der Waals surface area contributed by atoms with E-state index in [0.717, 1.165) is 103 Å². The summed E-state index contributed by atoms with van der Waals surface area (Å²) < 4.78 is 16.5. The molecule has 1 atom stereocenters. The van der Waals surface area contributed by atoms with E-state index in [-0.39, 0.29) is 31.1 Å². The van der Waals surface area contributed by atoms with E-state index in [2.05, 4.69) is 57.2 Å². The van der Waals surface area contributed by atoms with Crippen LogP contribution in [0, 0.1) is 0 Å². The van der Waals surface area contributed by atoms with E-state index in [1.807, 2.05) is 0 Å². The van der Waals surface area contributed by atoms with Gasteiger partial charge >= 0.3 is 17.9 Å². The first-order chi connectivity index (χ1) is 24.5. The lowest BCUT2D eigenvalue weighted by Gasteiger charge is -2.18. The minimum Gasteiger partial charge on any atom is -0.462 e. The van der Waals surface area contributed by atoms with Crippen molar-refractivity contribution >= 4 is 17.9 Å². The maximum Gasteiger partial charge on any atom is 0.306 e. The molecule has 0 saturated heterocycles. The highest BCUT2D eigenvalue weighted by Crippen LogP contribution is 2.13. The number of rotatable bonds is 37. The molecule has 0 rings (SSSR count). The Kier molecular flexibility index (Phi) is 37.5. The third-order valence-electron chi connectivity index (χ3n) is 8.85. The van der Waals surface area contributed by atoms with Gasteiger partial charge in [0, 0.05) is 19.3 Å². The maximum absolute atomic E-state index is 12.6. The fraction of sp³-hybridized carbons (Fsp3) is 0.795. The lowest BCUT2D eigenvalue weighted by Crippen LogP contribution is -2.30. The highest BCUT2D eigenvalue weighted by molar-refractivity contribution is 5.71. The van der Waals surface area contributed by atoms with Crippen molar-refractivity contribution in [2.45, 2.75) is 213 Å². The van der Waals surface area contributed by atoms with Gasteiger partial charge in [-0.05, 0) is 70.6 Å². The van der Waals surface area contributed by atoms with Crippen molar-refractivity contribution in [3.05, 3.63) is 36.5 Å². The summed E-state index contributed by atoms with van der Waals surface area (Å²) in [6.07, 6.45) is 42.9. The maximum atomic E-state index is 12.6. The first-order valence-corrected chi connectivity index (χ1v) is 21.0. The van der Waals surface area contributed by atoms with Crippen LogP contribution in [0.15, 0.2) is 36.5 Å². The van der Waals surface area contributed by atoms with Gasteiger partial charge in [-0.25, -0.2) is 0 Å². The summed E-state index contributed by atoms with van der Waals surface area (Å²) in [5.41, 5.74) is 0. The smallest absolute Gasteiger partial charge is 0.306 e. The highest BCUT2D eigenvalue weighted by Gasteiger charge is 2.19. The van der Waals surface area contributed by atoms with Crippen LogP contribution in [0.25, 0.3) is 0 Å². The van der Waals surface area contributed by atoms with E-state index in [9.17, 15) is 14.4 Å². The van der Waals surface area contributed by atoms with Gasteiger partial charge in [0.15, 0.2) is 6.10 Å². The molecule has 0 aliphatic rings. The Morgan fingerprint density at radius 2 is 0.760 bits per heavy atom. The molecule has 0 aromatic rings. The van der Waals surface area contributed by atoms with Crippen LogP contribution in [-0.2, 0) is 28.6 Å². The molecule has 0 spiro atoms. The Hall–Kier alpha value is -2.37. The van der Waals surface area contributed by atoms with Crippen molar-refractivity contribution in [3.63, 3.8) is 0 Å². The number of unbranched alkanes of at least 4 members (excludes halogenated alkanes) is 20. The molecular formula is C44H78O6. The highest BCUT2D eigenvalue weighted by atomic mass is 16.6. The third kappa shape index (κ3) is 36.9. The molecule has 0 N–H and O–H groups in total. The lowest BCUT2D eigenvalue weighted by atomic mass is 10.1. The van der Waals surface area contributed by atoms with Crippen LogP contribution in [0.2, 0.25) is 0 Å². The number of carbonyl (C=O) groups excluding carboxylic acids is 3. The van der Waals surface area contributed by atoms with E-state index in [0.29, 0.717) is 19.3 Å². The van der Waals surface area contributed by atoms with Gasteiger partial charge in [0.05, 0.1) is 0 Å². The van der Waals surface area contributed by atoms with Crippen molar-refractivity contribution in [1.29, 1.82) is 0 Å². The second-order valence-corrected chi connectivity index (χ2v) is 13.9. The van der Waals surface area contributed by atoms with E-state index < -0.39 is 6.10 Å². The van der Waals surface area contributed by atoms with Crippen molar-refractivity contribution < 1.29 is 28.6 Å². The second kappa shape index (κ2) is 39.4. The van der Waals surface area contributed by atoms with Gasteiger partial charge < -0.3 is 14.2 Å². The number of allylic oxidation sites excluding steroid dienone is 6. The van der Waals surface area contributed by atoms with Gasteiger partial charge in [-0.2, -0.15) is 0 Å². The summed E-state index contributed by atoms with van der Waals surface area (Å²) >= 11 is 0. The Morgan fingerprint density at radius 1 is 0.400 bits per heavy atom. The number of esters is 3. The van der Waals surface area contributed by atoms with Gasteiger partial charge in [0.2, 0.25) is 0 Å². The summed E-state index contributed by atoms with van der Waals surface area (Å²) in [5, 5.41) is 0. The first kappa shape index (κ1) is 47.6. The predicted molar refractivity (Wildman–Crippen MR) is 210 cm³/mol. The van der Waals surface area contributed by atoms with E-state index in [1.165, 1.54) is 64.2 Å². The average Bonchev–Trinajstić information content (AvgIpc) is 3.11. The molecule has 0 aliphatic carbocycles. The fourth-order valence-electron chi connectivity index (χ4n) is 5.65. The average molecular weight is 703 g/mol. The molecule has 0 fully saturated rings. The molecule has 0 aromatic heterocycles. The second-order valence-electron chi connectivity index (χ2n) is 13.9. The Balaban J connectivity index is 4.29. The normalized spacial score (nSPS) is 12.3. The number of carbonyl (C=O) groups is 3. The Labute approximate surface area is 308 Å². The zero-order valence-corrected chi connectivity index (χ0v) is 32.9. The molecule has 6 heteroatoms. The number of hydrogen-bond acceptors (Lipinski definition) is 6. The van der Waals surface area contributed by atoms with Gasteiger partial charge in [-0.1, -0.05) is 154 Å². The molecule has 0 heterocycles. The van der Waals surface area contributed by atoms with Crippen LogP contribution >= 0.6 is 0 Å². The van der Waals surface area contributed by atoms with Crippen LogP contribution < -0.4 is 0 Å². The Bertz CT molecular complexity index is 861. The van der Waals surface area contributed by atoms with Crippen LogP contribution in [0.1, 0.15) is 207 Å². The molecule has 0 aromatic carbocycles. The largest absolute Gasteiger partial charge is 0.462 e. The molecule has 50 heavy (non-hydrogen) atoms. The summed E-state index contributed by atoms with van der Waals surface area (Å²) in [5.74, 6) is -0.921. The quantitative estimate of drug-likeness (QED) is 0.0277. The summed E-state index contributed by atoms with van der Waals surface area (Å²) in [7, 11) is 0. The van der Waals surface area contributed by atoms with Crippen molar-refractivity contribution in [3.8, 4) is 0 Å². The van der Waals surface area contributed by atoms with Crippen LogP contribution in [0.4, 0.5) is 0 Å². The molecule has 290 valence electrons. The lowest BCUT2D eigenvalue weighted by molar-refractivity contribution is -0.167. The fourth-order valence-corrected chi connectivity index (χ4v) is 5.65. The van der Waals surface area contributed by atoms with Crippen molar-refractivity contribution in [2.24, 2.45) is 0 Å². The van der Waals surface area contributed by atoms with Gasteiger partial charge in [0.1, 0.15) is 13.2 Å². The monoisotopic (exact) mass is 703 g/mol. The molecule has 0 radical (unpaired) electrons. The van der Waals surface area contributed by atoms with Crippen LogP contribution in [0.3, 0.4) is 0 Å². The predicted octanol–water partition coefficient (Wildman–Crippen LogP) is 13.0. The van der Waals surface area contributed by atoms with Gasteiger partial charge in [-0.15, -0.1) is 0 Å². The molecule has 1 unspecified atom stereocenters.